The summed E-state index contributed by atoms with van der Waals surface area (Å²) in [6.07, 6.45) is 0.192. The van der Waals surface area contributed by atoms with Crippen molar-refractivity contribution in [2.24, 2.45) is 0 Å². The van der Waals surface area contributed by atoms with Gasteiger partial charge in [-0.3, -0.25) is 4.79 Å². The molecule has 10 heteroatoms. The van der Waals surface area contributed by atoms with Crippen LogP contribution in [0.5, 0.6) is 11.5 Å². The van der Waals surface area contributed by atoms with Crippen molar-refractivity contribution in [1.29, 1.82) is 0 Å². The lowest BCUT2D eigenvalue weighted by atomic mass is 10.2. The number of anilines is 1. The van der Waals surface area contributed by atoms with Crippen molar-refractivity contribution in [2.75, 3.05) is 38.8 Å². The van der Waals surface area contributed by atoms with Gasteiger partial charge < -0.3 is 34.0 Å². The number of methoxy groups -OCH3 is 1. The number of rotatable bonds is 12. The van der Waals surface area contributed by atoms with Crippen LogP contribution in [0.4, 0.5) is 10.5 Å². The predicted molar refractivity (Wildman–Crippen MR) is 145 cm³/mol. The van der Waals surface area contributed by atoms with Gasteiger partial charge in [-0.15, -0.1) is 0 Å². The summed E-state index contributed by atoms with van der Waals surface area (Å²) in [5, 5.41) is 6.11. The molecule has 0 aliphatic carbocycles. The summed E-state index contributed by atoms with van der Waals surface area (Å²) in [4.78, 5) is 24.4. The summed E-state index contributed by atoms with van der Waals surface area (Å²) in [5.74, 6) is 1.34. The molecule has 2 aromatic carbocycles. The fourth-order valence-electron chi connectivity index (χ4n) is 3.27. The normalized spacial score (nSPS) is 11.1. The highest BCUT2D eigenvalue weighted by molar-refractivity contribution is 6.30. The fourth-order valence-corrected chi connectivity index (χ4v) is 3.39. The molecule has 0 unspecified atom stereocenters. The third-order valence-electron chi connectivity index (χ3n) is 4.96. The van der Waals surface area contributed by atoms with Crippen molar-refractivity contribution in [1.82, 2.24) is 5.32 Å². The second-order valence-electron chi connectivity index (χ2n) is 9.27. The number of carbonyl (C=O) groups excluding carboxylic acids is 2. The Labute approximate surface area is 227 Å². The number of ether oxygens (including phenoxy) is 4. The van der Waals surface area contributed by atoms with Crippen LogP contribution in [0.2, 0.25) is 5.02 Å². The van der Waals surface area contributed by atoms with E-state index in [9.17, 15) is 9.59 Å². The number of nitrogens with one attached hydrogen (secondary N) is 2. The van der Waals surface area contributed by atoms with E-state index in [0.29, 0.717) is 60.8 Å². The van der Waals surface area contributed by atoms with E-state index in [0.717, 1.165) is 5.56 Å². The molecule has 0 bridgehead atoms. The molecule has 3 rings (SSSR count). The van der Waals surface area contributed by atoms with Gasteiger partial charge in [0.15, 0.2) is 5.76 Å². The van der Waals surface area contributed by atoms with Crippen molar-refractivity contribution < 1.29 is 33.0 Å². The standard InChI is InChI=1S/C28H33ClN2O7/c1-28(2,3)38-27(33)30-12-5-13-35-14-15-36-23-17-21(16-22(18-23)34-4)31-26(32)25-11-10-24(37-25)19-6-8-20(29)9-7-19/h6-11,16-18H,5,12-15H2,1-4H3,(H,30,33)(H,31,32). The second kappa shape index (κ2) is 13.7. The minimum atomic E-state index is -0.527. The van der Waals surface area contributed by atoms with Crippen LogP contribution in [0.25, 0.3) is 11.3 Å². The van der Waals surface area contributed by atoms with Crippen LogP contribution in [-0.4, -0.2) is 51.1 Å². The van der Waals surface area contributed by atoms with Crippen LogP contribution in [-0.2, 0) is 9.47 Å². The smallest absolute Gasteiger partial charge is 0.407 e. The largest absolute Gasteiger partial charge is 0.497 e. The van der Waals surface area contributed by atoms with Gasteiger partial charge in [-0.2, -0.15) is 0 Å². The highest BCUT2D eigenvalue weighted by Gasteiger charge is 2.16. The van der Waals surface area contributed by atoms with Gasteiger partial charge in [0.1, 0.15) is 29.5 Å². The molecule has 2 amide bonds. The number of carbonyl (C=O) groups is 2. The summed E-state index contributed by atoms with van der Waals surface area (Å²) < 4.78 is 27.6. The molecule has 204 valence electrons. The van der Waals surface area contributed by atoms with Crippen LogP contribution in [0.15, 0.2) is 59.0 Å². The molecule has 0 radical (unpaired) electrons. The van der Waals surface area contributed by atoms with Gasteiger partial charge in [-0.05, 0) is 63.6 Å². The maximum absolute atomic E-state index is 12.8. The molecule has 38 heavy (non-hydrogen) atoms. The Morgan fingerprint density at radius 3 is 2.39 bits per heavy atom. The van der Waals surface area contributed by atoms with Crippen LogP contribution >= 0.6 is 11.6 Å². The van der Waals surface area contributed by atoms with E-state index in [1.807, 2.05) is 32.9 Å². The van der Waals surface area contributed by atoms with Gasteiger partial charge in [0.2, 0.25) is 0 Å². The molecule has 1 aromatic heterocycles. The third-order valence-corrected chi connectivity index (χ3v) is 5.21. The minimum absolute atomic E-state index is 0.162. The Kier molecular flexibility index (Phi) is 10.4. The first-order chi connectivity index (χ1) is 18.1. The molecule has 0 spiro atoms. The topological polar surface area (TPSA) is 108 Å². The molecule has 0 aliphatic rings. The summed E-state index contributed by atoms with van der Waals surface area (Å²) in [6, 6.07) is 15.6. The molecule has 1 heterocycles. The molecule has 0 atom stereocenters. The van der Waals surface area contributed by atoms with E-state index in [1.165, 1.54) is 7.11 Å². The molecule has 0 fully saturated rings. The third kappa shape index (κ3) is 9.64. The predicted octanol–water partition coefficient (Wildman–Crippen LogP) is 6.17. The van der Waals surface area contributed by atoms with Gasteiger partial charge in [0.25, 0.3) is 5.91 Å². The number of furan rings is 1. The number of amides is 2. The molecule has 0 aliphatic heterocycles. The SMILES string of the molecule is COc1cc(NC(=O)c2ccc(-c3ccc(Cl)cc3)o2)cc(OCCOCCCNC(=O)OC(C)(C)C)c1. The van der Waals surface area contributed by atoms with E-state index in [-0.39, 0.29) is 5.76 Å². The zero-order valence-corrected chi connectivity index (χ0v) is 22.7. The Morgan fingerprint density at radius 2 is 1.68 bits per heavy atom. The van der Waals surface area contributed by atoms with Gasteiger partial charge >= 0.3 is 6.09 Å². The molecule has 2 N–H and O–H groups in total. The molecule has 0 saturated heterocycles. The van der Waals surface area contributed by atoms with Crippen molar-refractivity contribution in [3.8, 4) is 22.8 Å². The lowest BCUT2D eigenvalue weighted by Crippen LogP contribution is -2.33. The van der Waals surface area contributed by atoms with Gasteiger partial charge in [-0.25, -0.2) is 4.79 Å². The minimum Gasteiger partial charge on any atom is -0.497 e. The van der Waals surface area contributed by atoms with Crippen molar-refractivity contribution >= 4 is 29.3 Å². The Hall–Kier alpha value is -3.69. The van der Waals surface area contributed by atoms with Crippen LogP contribution in [0, 0.1) is 0 Å². The van der Waals surface area contributed by atoms with Crippen molar-refractivity contribution in [2.45, 2.75) is 32.8 Å². The highest BCUT2D eigenvalue weighted by Crippen LogP contribution is 2.28. The first kappa shape index (κ1) is 28.9. The second-order valence-corrected chi connectivity index (χ2v) is 9.70. The lowest BCUT2D eigenvalue weighted by molar-refractivity contribution is 0.0515. The lowest BCUT2D eigenvalue weighted by Gasteiger charge is -2.19. The number of halogens is 1. The summed E-state index contributed by atoms with van der Waals surface area (Å²) in [5.41, 5.74) is 0.774. The van der Waals surface area contributed by atoms with E-state index >= 15 is 0 Å². The molecule has 0 saturated carbocycles. The Balaban J connectivity index is 1.44. The number of alkyl carbamates (subject to hydrolysis) is 1. The number of hydrogen-bond donors (Lipinski definition) is 2. The summed E-state index contributed by atoms with van der Waals surface area (Å²) >= 11 is 5.94. The quantitative estimate of drug-likeness (QED) is 0.262. The van der Waals surface area contributed by atoms with Crippen LogP contribution in [0.3, 0.4) is 0 Å². The average Bonchev–Trinajstić information content (AvgIpc) is 3.35. The fraction of sp³-hybridized carbons (Fsp3) is 0.357. The summed E-state index contributed by atoms with van der Waals surface area (Å²) in [6.45, 7) is 6.99. The van der Waals surface area contributed by atoms with E-state index < -0.39 is 17.6 Å². The highest BCUT2D eigenvalue weighted by atomic mass is 35.5. The van der Waals surface area contributed by atoms with Crippen LogP contribution in [0.1, 0.15) is 37.7 Å². The van der Waals surface area contributed by atoms with Gasteiger partial charge in [-0.1, -0.05) is 11.6 Å². The molecule has 9 nitrogen and oxygen atoms in total. The maximum Gasteiger partial charge on any atom is 0.407 e. The van der Waals surface area contributed by atoms with E-state index in [4.69, 9.17) is 35.0 Å². The molecular weight excluding hydrogens is 512 g/mol. The summed E-state index contributed by atoms with van der Waals surface area (Å²) in [7, 11) is 1.53. The molecule has 3 aromatic rings. The van der Waals surface area contributed by atoms with E-state index in [1.54, 1.807) is 42.5 Å². The zero-order chi connectivity index (χ0) is 27.5. The monoisotopic (exact) mass is 544 g/mol. The van der Waals surface area contributed by atoms with Crippen molar-refractivity contribution in [3.05, 3.63) is 65.4 Å². The molecular formula is C28H33ClN2O7. The first-order valence-corrected chi connectivity index (χ1v) is 12.5. The van der Waals surface area contributed by atoms with Gasteiger partial charge in [0, 0.05) is 47.6 Å². The Bertz CT molecular complexity index is 1200. The Morgan fingerprint density at radius 1 is 0.947 bits per heavy atom. The van der Waals surface area contributed by atoms with Gasteiger partial charge in [0.05, 0.1) is 13.7 Å². The average molecular weight is 545 g/mol. The van der Waals surface area contributed by atoms with Crippen LogP contribution < -0.4 is 20.1 Å². The maximum atomic E-state index is 12.8. The number of hydrogen-bond acceptors (Lipinski definition) is 7. The number of benzene rings is 2. The van der Waals surface area contributed by atoms with E-state index in [2.05, 4.69) is 10.6 Å². The first-order valence-electron chi connectivity index (χ1n) is 12.2. The zero-order valence-electron chi connectivity index (χ0n) is 22.0. The van der Waals surface area contributed by atoms with Crippen molar-refractivity contribution in [3.63, 3.8) is 0 Å².